The van der Waals surface area contributed by atoms with E-state index in [2.05, 4.69) is 25.9 Å². The van der Waals surface area contributed by atoms with Gasteiger partial charge in [-0.15, -0.1) is 0 Å². The molecule has 1 heterocycles. The van der Waals surface area contributed by atoms with E-state index < -0.39 is 0 Å². The molecule has 6 nitrogen and oxygen atoms in total. The molecule has 3 N–H and O–H groups in total. The summed E-state index contributed by atoms with van der Waals surface area (Å²) in [5.41, 5.74) is 0. The van der Waals surface area contributed by atoms with Crippen molar-refractivity contribution in [2.24, 2.45) is 0 Å². The van der Waals surface area contributed by atoms with Gasteiger partial charge in [0.25, 0.3) is 0 Å². The van der Waals surface area contributed by atoms with E-state index in [1.54, 1.807) is 0 Å². The molecule has 7 heteroatoms. The number of aromatic nitrogens is 2. The molecule has 0 aliphatic carbocycles. The Bertz CT molecular complexity index is 399. The van der Waals surface area contributed by atoms with Gasteiger partial charge in [0.05, 0.1) is 6.20 Å². The maximum absolute atomic E-state index is 11.3. The standard InChI is InChI=1S/C11H18ClN5O/c1-3-13-9(18)5-6-15-10-8(12)7-16-11(17-10)14-4-2/h7H,3-6H2,1-2H3,(H,13,18)(H2,14,15,16,17). The van der Waals surface area contributed by atoms with Crippen LogP contribution in [-0.2, 0) is 4.79 Å². The summed E-state index contributed by atoms with van der Waals surface area (Å²) in [6.45, 7) is 5.70. The van der Waals surface area contributed by atoms with Crippen molar-refractivity contribution >= 4 is 29.3 Å². The molecule has 0 unspecified atom stereocenters. The van der Waals surface area contributed by atoms with Crippen LogP contribution in [0.15, 0.2) is 6.20 Å². The highest BCUT2D eigenvalue weighted by Crippen LogP contribution is 2.19. The molecule has 1 aromatic rings. The highest BCUT2D eigenvalue weighted by Gasteiger charge is 2.05. The average molecular weight is 272 g/mol. The van der Waals surface area contributed by atoms with E-state index in [0.717, 1.165) is 6.54 Å². The lowest BCUT2D eigenvalue weighted by Crippen LogP contribution is -2.25. The molecule has 0 aliphatic heterocycles. The Morgan fingerprint density at radius 3 is 2.78 bits per heavy atom. The molecule has 1 aromatic heterocycles. The molecule has 18 heavy (non-hydrogen) atoms. The van der Waals surface area contributed by atoms with Crippen molar-refractivity contribution in [2.75, 3.05) is 30.3 Å². The first-order valence-electron chi connectivity index (χ1n) is 5.94. The lowest BCUT2D eigenvalue weighted by molar-refractivity contribution is -0.120. The Hall–Kier alpha value is -1.56. The molecular weight excluding hydrogens is 254 g/mol. The van der Waals surface area contributed by atoms with Crippen LogP contribution < -0.4 is 16.0 Å². The predicted molar refractivity (Wildman–Crippen MR) is 73.0 cm³/mol. The summed E-state index contributed by atoms with van der Waals surface area (Å²) in [5, 5.41) is 9.17. The van der Waals surface area contributed by atoms with Gasteiger partial charge in [0.2, 0.25) is 11.9 Å². The van der Waals surface area contributed by atoms with E-state index >= 15 is 0 Å². The maximum Gasteiger partial charge on any atom is 0.224 e. The summed E-state index contributed by atoms with van der Waals surface area (Å²) in [6, 6.07) is 0. The van der Waals surface area contributed by atoms with Gasteiger partial charge in [-0.1, -0.05) is 11.6 Å². The largest absolute Gasteiger partial charge is 0.368 e. The second kappa shape index (κ2) is 7.71. The number of hydrogen-bond acceptors (Lipinski definition) is 5. The molecule has 0 atom stereocenters. The monoisotopic (exact) mass is 271 g/mol. The first-order valence-corrected chi connectivity index (χ1v) is 6.32. The summed E-state index contributed by atoms with van der Waals surface area (Å²) in [7, 11) is 0. The number of rotatable bonds is 7. The van der Waals surface area contributed by atoms with E-state index in [-0.39, 0.29) is 5.91 Å². The van der Waals surface area contributed by atoms with Crippen LogP contribution in [0.3, 0.4) is 0 Å². The Balaban J connectivity index is 2.50. The van der Waals surface area contributed by atoms with E-state index in [9.17, 15) is 4.79 Å². The molecule has 0 saturated heterocycles. The van der Waals surface area contributed by atoms with Crippen molar-refractivity contribution in [3.8, 4) is 0 Å². The fourth-order valence-electron chi connectivity index (χ4n) is 1.31. The first kappa shape index (κ1) is 14.5. The molecule has 1 amide bonds. The van der Waals surface area contributed by atoms with Gasteiger partial charge in [0.15, 0.2) is 0 Å². The lowest BCUT2D eigenvalue weighted by Gasteiger charge is -2.09. The van der Waals surface area contributed by atoms with Crippen molar-refractivity contribution in [1.82, 2.24) is 15.3 Å². The minimum Gasteiger partial charge on any atom is -0.368 e. The molecule has 0 radical (unpaired) electrons. The highest BCUT2D eigenvalue weighted by molar-refractivity contribution is 6.32. The van der Waals surface area contributed by atoms with Crippen molar-refractivity contribution in [3.63, 3.8) is 0 Å². The van der Waals surface area contributed by atoms with Gasteiger partial charge in [-0.2, -0.15) is 4.98 Å². The summed E-state index contributed by atoms with van der Waals surface area (Å²) < 4.78 is 0. The first-order chi connectivity index (χ1) is 8.67. The van der Waals surface area contributed by atoms with E-state index in [0.29, 0.717) is 36.3 Å². The zero-order valence-corrected chi connectivity index (χ0v) is 11.3. The molecule has 100 valence electrons. The lowest BCUT2D eigenvalue weighted by atomic mass is 10.4. The Labute approximate surface area is 112 Å². The van der Waals surface area contributed by atoms with Gasteiger partial charge in [-0.25, -0.2) is 4.98 Å². The zero-order valence-electron chi connectivity index (χ0n) is 10.6. The minimum atomic E-state index is 0.00193. The second-order valence-corrected chi connectivity index (χ2v) is 3.96. The summed E-state index contributed by atoms with van der Waals surface area (Å²) in [4.78, 5) is 19.5. The van der Waals surface area contributed by atoms with Crippen molar-refractivity contribution < 1.29 is 4.79 Å². The van der Waals surface area contributed by atoms with Gasteiger partial charge in [-0.05, 0) is 13.8 Å². The van der Waals surface area contributed by atoms with Crippen LogP contribution in [0.4, 0.5) is 11.8 Å². The SMILES string of the molecule is CCNC(=O)CCNc1nc(NCC)ncc1Cl. The van der Waals surface area contributed by atoms with Crippen LogP contribution in [0.1, 0.15) is 20.3 Å². The third-order valence-corrected chi connectivity index (χ3v) is 2.37. The van der Waals surface area contributed by atoms with Crippen LogP contribution in [0.5, 0.6) is 0 Å². The van der Waals surface area contributed by atoms with E-state index in [1.165, 1.54) is 6.20 Å². The van der Waals surface area contributed by atoms with E-state index in [4.69, 9.17) is 11.6 Å². The number of amides is 1. The Morgan fingerprint density at radius 2 is 2.11 bits per heavy atom. The number of halogens is 1. The van der Waals surface area contributed by atoms with Gasteiger partial charge in [-0.3, -0.25) is 4.79 Å². The van der Waals surface area contributed by atoms with E-state index in [1.807, 2.05) is 13.8 Å². The normalized spacial score (nSPS) is 9.94. The quantitative estimate of drug-likeness (QED) is 0.700. The molecule has 0 aliphatic rings. The molecule has 0 saturated carbocycles. The summed E-state index contributed by atoms with van der Waals surface area (Å²) in [5.74, 6) is 1.05. The number of nitrogens with one attached hydrogen (secondary N) is 3. The topological polar surface area (TPSA) is 78.9 Å². The fraction of sp³-hybridized carbons (Fsp3) is 0.545. The average Bonchev–Trinajstić information content (AvgIpc) is 2.34. The van der Waals surface area contributed by atoms with Crippen molar-refractivity contribution in [2.45, 2.75) is 20.3 Å². The minimum absolute atomic E-state index is 0.00193. The van der Waals surface area contributed by atoms with Gasteiger partial charge in [0.1, 0.15) is 10.8 Å². The Kier molecular flexibility index (Phi) is 6.21. The molecule has 0 spiro atoms. The van der Waals surface area contributed by atoms with Crippen LogP contribution in [-0.4, -0.2) is 35.5 Å². The third kappa shape index (κ3) is 4.75. The van der Waals surface area contributed by atoms with Crippen molar-refractivity contribution in [3.05, 3.63) is 11.2 Å². The number of carbonyl (C=O) groups excluding carboxylic acids is 1. The van der Waals surface area contributed by atoms with Crippen LogP contribution >= 0.6 is 11.6 Å². The van der Waals surface area contributed by atoms with Crippen molar-refractivity contribution in [1.29, 1.82) is 0 Å². The van der Waals surface area contributed by atoms with Gasteiger partial charge >= 0.3 is 0 Å². The molecule has 1 rings (SSSR count). The molecule has 0 bridgehead atoms. The predicted octanol–water partition coefficient (Wildman–Crippen LogP) is 1.50. The molecule has 0 aromatic carbocycles. The zero-order chi connectivity index (χ0) is 13.4. The maximum atomic E-state index is 11.3. The van der Waals surface area contributed by atoms with Crippen LogP contribution in [0.25, 0.3) is 0 Å². The summed E-state index contributed by atoms with van der Waals surface area (Å²) >= 11 is 5.96. The van der Waals surface area contributed by atoms with Crippen LogP contribution in [0.2, 0.25) is 5.02 Å². The van der Waals surface area contributed by atoms with Gasteiger partial charge < -0.3 is 16.0 Å². The number of nitrogens with zero attached hydrogens (tertiary/aromatic N) is 2. The molecule has 0 fully saturated rings. The third-order valence-electron chi connectivity index (χ3n) is 2.10. The molecular formula is C11H18ClN5O. The van der Waals surface area contributed by atoms with Crippen LogP contribution in [0, 0.1) is 0 Å². The van der Waals surface area contributed by atoms with Gasteiger partial charge in [0, 0.05) is 26.1 Å². The highest BCUT2D eigenvalue weighted by atomic mass is 35.5. The number of anilines is 2. The Morgan fingerprint density at radius 1 is 1.33 bits per heavy atom. The smallest absolute Gasteiger partial charge is 0.224 e. The second-order valence-electron chi connectivity index (χ2n) is 3.55. The fourth-order valence-corrected chi connectivity index (χ4v) is 1.47. The number of hydrogen-bond donors (Lipinski definition) is 3. The summed E-state index contributed by atoms with van der Waals surface area (Å²) in [6.07, 6.45) is 1.91. The number of carbonyl (C=O) groups is 1.